The molecule has 2 amide bonds. The molecule has 0 radical (unpaired) electrons. The number of rotatable bonds is 3. The average molecular weight is 290 g/mol. The first kappa shape index (κ1) is 15.5. The van der Waals surface area contributed by atoms with Crippen LogP contribution in [0.4, 0.5) is 5.69 Å². The Hall–Kier alpha value is -1.88. The van der Waals surface area contributed by atoms with Crippen molar-refractivity contribution in [2.45, 2.75) is 39.7 Å². The van der Waals surface area contributed by atoms with Crippen LogP contribution in [0, 0.1) is 20.8 Å². The van der Waals surface area contributed by atoms with E-state index in [-0.39, 0.29) is 6.10 Å². The quantitative estimate of drug-likeness (QED) is 0.835. The molecule has 1 saturated heterocycles. The molecule has 0 aromatic heterocycles. The summed E-state index contributed by atoms with van der Waals surface area (Å²) in [5.74, 6) is -1.26. The summed E-state index contributed by atoms with van der Waals surface area (Å²) in [7, 11) is 0. The minimum atomic E-state index is -0.636. The van der Waals surface area contributed by atoms with Crippen LogP contribution in [0.15, 0.2) is 12.1 Å². The number of nitrogens with one attached hydrogen (secondary N) is 2. The van der Waals surface area contributed by atoms with E-state index in [1.165, 1.54) is 0 Å². The fourth-order valence-corrected chi connectivity index (χ4v) is 2.64. The van der Waals surface area contributed by atoms with Crippen LogP contribution in [0.1, 0.15) is 29.5 Å². The van der Waals surface area contributed by atoms with Gasteiger partial charge < -0.3 is 15.4 Å². The maximum absolute atomic E-state index is 11.9. The monoisotopic (exact) mass is 290 g/mol. The van der Waals surface area contributed by atoms with Gasteiger partial charge in [-0.1, -0.05) is 17.7 Å². The van der Waals surface area contributed by atoms with Gasteiger partial charge in [0.1, 0.15) is 0 Å². The largest absolute Gasteiger partial charge is 0.376 e. The number of aryl methyl sites for hydroxylation is 3. The number of ether oxygens (including phenoxy) is 1. The third-order valence-corrected chi connectivity index (χ3v) is 3.64. The van der Waals surface area contributed by atoms with Crippen LogP contribution in [-0.4, -0.2) is 31.1 Å². The molecule has 0 spiro atoms. The van der Waals surface area contributed by atoms with Gasteiger partial charge in [-0.2, -0.15) is 0 Å². The van der Waals surface area contributed by atoms with Crippen LogP contribution in [0.5, 0.6) is 0 Å². The summed E-state index contributed by atoms with van der Waals surface area (Å²) in [6.45, 7) is 6.95. The topological polar surface area (TPSA) is 67.4 Å². The molecule has 1 aromatic carbocycles. The summed E-state index contributed by atoms with van der Waals surface area (Å²) in [6, 6.07) is 3.96. The van der Waals surface area contributed by atoms with Crippen molar-refractivity contribution in [3.63, 3.8) is 0 Å². The smallest absolute Gasteiger partial charge is 0.313 e. The van der Waals surface area contributed by atoms with Crippen molar-refractivity contribution in [1.82, 2.24) is 5.32 Å². The van der Waals surface area contributed by atoms with Crippen LogP contribution in [0.25, 0.3) is 0 Å². The fraction of sp³-hybridized carbons (Fsp3) is 0.500. The fourth-order valence-electron chi connectivity index (χ4n) is 2.64. The highest BCUT2D eigenvalue weighted by Crippen LogP contribution is 2.21. The molecule has 21 heavy (non-hydrogen) atoms. The number of hydrogen-bond donors (Lipinski definition) is 2. The second-order valence-corrected chi connectivity index (χ2v) is 5.57. The van der Waals surface area contributed by atoms with E-state index in [0.29, 0.717) is 12.2 Å². The van der Waals surface area contributed by atoms with Gasteiger partial charge in [0, 0.05) is 18.8 Å². The number of amides is 2. The van der Waals surface area contributed by atoms with Gasteiger partial charge in [0.2, 0.25) is 0 Å². The van der Waals surface area contributed by atoms with Crippen molar-refractivity contribution in [1.29, 1.82) is 0 Å². The third kappa shape index (κ3) is 4.04. The summed E-state index contributed by atoms with van der Waals surface area (Å²) in [5, 5.41) is 5.31. The molecule has 1 aromatic rings. The molecule has 1 atom stereocenters. The number of anilines is 1. The van der Waals surface area contributed by atoms with Crippen LogP contribution >= 0.6 is 0 Å². The zero-order valence-corrected chi connectivity index (χ0v) is 12.8. The third-order valence-electron chi connectivity index (χ3n) is 3.64. The van der Waals surface area contributed by atoms with Gasteiger partial charge in [-0.15, -0.1) is 0 Å². The lowest BCUT2D eigenvalue weighted by Gasteiger charge is -2.14. The maximum Gasteiger partial charge on any atom is 0.313 e. The lowest BCUT2D eigenvalue weighted by molar-refractivity contribution is -0.136. The molecule has 1 aliphatic rings. The van der Waals surface area contributed by atoms with E-state index >= 15 is 0 Å². The molecule has 0 aliphatic carbocycles. The summed E-state index contributed by atoms with van der Waals surface area (Å²) in [4.78, 5) is 23.8. The second-order valence-electron chi connectivity index (χ2n) is 5.57. The molecule has 0 bridgehead atoms. The van der Waals surface area contributed by atoms with Crippen molar-refractivity contribution >= 4 is 17.5 Å². The van der Waals surface area contributed by atoms with Crippen LogP contribution in [0.3, 0.4) is 0 Å². The Bertz CT molecular complexity index is 525. The van der Waals surface area contributed by atoms with E-state index in [9.17, 15) is 9.59 Å². The van der Waals surface area contributed by atoms with Crippen molar-refractivity contribution in [3.05, 3.63) is 28.8 Å². The van der Waals surface area contributed by atoms with Crippen molar-refractivity contribution in [2.24, 2.45) is 0 Å². The molecule has 1 fully saturated rings. The molecular formula is C16H22N2O3. The number of carbonyl (C=O) groups is 2. The Morgan fingerprint density at radius 1 is 1.19 bits per heavy atom. The summed E-state index contributed by atoms with van der Waals surface area (Å²) in [6.07, 6.45) is 1.97. The first-order valence-electron chi connectivity index (χ1n) is 7.26. The Balaban J connectivity index is 1.92. The molecule has 5 heteroatoms. The molecular weight excluding hydrogens is 268 g/mol. The van der Waals surface area contributed by atoms with Crippen molar-refractivity contribution in [3.8, 4) is 0 Å². The summed E-state index contributed by atoms with van der Waals surface area (Å²) >= 11 is 0. The summed E-state index contributed by atoms with van der Waals surface area (Å²) < 4.78 is 5.41. The van der Waals surface area contributed by atoms with Gasteiger partial charge in [0.05, 0.1) is 6.10 Å². The van der Waals surface area contributed by atoms with Crippen molar-refractivity contribution < 1.29 is 14.3 Å². The number of carbonyl (C=O) groups excluding carboxylic acids is 2. The van der Waals surface area contributed by atoms with Gasteiger partial charge in [-0.3, -0.25) is 9.59 Å². The number of hydrogen-bond acceptors (Lipinski definition) is 3. The second kappa shape index (κ2) is 6.72. The Kier molecular flexibility index (Phi) is 4.96. The van der Waals surface area contributed by atoms with Gasteiger partial charge in [-0.05, 0) is 44.7 Å². The van der Waals surface area contributed by atoms with E-state index in [4.69, 9.17) is 4.74 Å². The molecule has 2 N–H and O–H groups in total. The first-order chi connectivity index (χ1) is 9.97. The van der Waals surface area contributed by atoms with Crippen molar-refractivity contribution in [2.75, 3.05) is 18.5 Å². The Labute approximate surface area is 125 Å². The standard InChI is InChI=1S/C16H22N2O3/c1-10-7-11(2)14(12(3)8-10)18-16(20)15(19)17-9-13-5-4-6-21-13/h7-8,13H,4-6,9H2,1-3H3,(H,17,19)(H,18,20). The Morgan fingerprint density at radius 2 is 1.86 bits per heavy atom. The van der Waals surface area contributed by atoms with Crippen LogP contribution in [-0.2, 0) is 14.3 Å². The first-order valence-corrected chi connectivity index (χ1v) is 7.26. The van der Waals surface area contributed by atoms with Gasteiger partial charge in [-0.25, -0.2) is 0 Å². The van der Waals surface area contributed by atoms with Crippen LogP contribution < -0.4 is 10.6 Å². The van der Waals surface area contributed by atoms with E-state index in [0.717, 1.165) is 36.1 Å². The van der Waals surface area contributed by atoms with E-state index in [1.54, 1.807) is 0 Å². The molecule has 2 rings (SSSR count). The molecule has 1 unspecified atom stereocenters. The van der Waals surface area contributed by atoms with E-state index < -0.39 is 11.8 Å². The highest BCUT2D eigenvalue weighted by molar-refractivity contribution is 6.39. The lowest BCUT2D eigenvalue weighted by atomic mass is 10.1. The maximum atomic E-state index is 11.9. The predicted octanol–water partition coefficient (Wildman–Crippen LogP) is 1.85. The Morgan fingerprint density at radius 3 is 2.43 bits per heavy atom. The normalized spacial score (nSPS) is 17.6. The minimum Gasteiger partial charge on any atom is -0.376 e. The zero-order chi connectivity index (χ0) is 15.4. The number of benzene rings is 1. The SMILES string of the molecule is Cc1cc(C)c(NC(=O)C(=O)NCC2CCCO2)c(C)c1. The molecule has 1 aliphatic heterocycles. The van der Waals surface area contributed by atoms with Crippen LogP contribution in [0.2, 0.25) is 0 Å². The predicted molar refractivity (Wildman–Crippen MR) is 81.3 cm³/mol. The van der Waals surface area contributed by atoms with Gasteiger partial charge in [0.25, 0.3) is 0 Å². The minimum absolute atomic E-state index is 0.0320. The van der Waals surface area contributed by atoms with E-state index in [1.807, 2.05) is 32.9 Å². The molecule has 114 valence electrons. The highest BCUT2D eigenvalue weighted by atomic mass is 16.5. The van der Waals surface area contributed by atoms with Gasteiger partial charge >= 0.3 is 11.8 Å². The molecule has 5 nitrogen and oxygen atoms in total. The summed E-state index contributed by atoms with van der Waals surface area (Å²) in [5.41, 5.74) is 3.74. The molecule has 0 saturated carbocycles. The zero-order valence-electron chi connectivity index (χ0n) is 12.8. The molecule has 1 heterocycles. The van der Waals surface area contributed by atoms with Gasteiger partial charge in [0.15, 0.2) is 0 Å². The lowest BCUT2D eigenvalue weighted by Crippen LogP contribution is -2.39. The van der Waals surface area contributed by atoms with E-state index in [2.05, 4.69) is 10.6 Å². The highest BCUT2D eigenvalue weighted by Gasteiger charge is 2.20. The average Bonchev–Trinajstić information content (AvgIpc) is 2.93.